The number of benzene rings is 1. The Morgan fingerprint density at radius 3 is 2.91 bits per heavy atom. The van der Waals surface area contributed by atoms with Crippen LogP contribution in [-0.2, 0) is 5.75 Å². The summed E-state index contributed by atoms with van der Waals surface area (Å²) in [7, 11) is 0. The quantitative estimate of drug-likeness (QED) is 0.475. The van der Waals surface area contributed by atoms with Crippen LogP contribution in [-0.4, -0.2) is 21.1 Å². The van der Waals surface area contributed by atoms with Crippen molar-refractivity contribution in [2.45, 2.75) is 37.1 Å². The maximum Gasteiger partial charge on any atom is 0.212 e. The first-order chi connectivity index (χ1) is 10.8. The second kappa shape index (κ2) is 7.40. The molecular weight excluding hydrogens is 292 g/mol. The SMILES string of the molecule is Cc1nnc(SCc2ccccc2)n1/N=C\[C@H]1CC=CCC1. The molecule has 0 radical (unpaired) electrons. The molecule has 0 spiro atoms. The van der Waals surface area contributed by atoms with Crippen LogP contribution in [0.15, 0.2) is 52.7 Å². The Bertz CT molecular complexity index is 661. The fourth-order valence-electron chi connectivity index (χ4n) is 2.40. The van der Waals surface area contributed by atoms with Crippen LogP contribution in [0.5, 0.6) is 0 Å². The molecule has 114 valence electrons. The van der Waals surface area contributed by atoms with Crippen molar-refractivity contribution >= 4 is 18.0 Å². The van der Waals surface area contributed by atoms with E-state index in [0.717, 1.165) is 29.6 Å². The number of rotatable bonds is 5. The topological polar surface area (TPSA) is 43.1 Å². The lowest BCUT2D eigenvalue weighted by molar-refractivity contribution is 0.617. The van der Waals surface area contributed by atoms with Crippen LogP contribution >= 0.6 is 11.8 Å². The van der Waals surface area contributed by atoms with Gasteiger partial charge in [0, 0.05) is 12.0 Å². The zero-order valence-corrected chi connectivity index (χ0v) is 13.5. The van der Waals surface area contributed by atoms with E-state index in [2.05, 4.69) is 51.7 Å². The molecule has 1 aromatic heterocycles. The van der Waals surface area contributed by atoms with Gasteiger partial charge in [0.15, 0.2) is 5.82 Å². The number of hydrogen-bond acceptors (Lipinski definition) is 4. The summed E-state index contributed by atoms with van der Waals surface area (Å²) in [5.41, 5.74) is 1.28. The van der Waals surface area contributed by atoms with Crippen molar-refractivity contribution in [3.05, 3.63) is 53.9 Å². The van der Waals surface area contributed by atoms with Gasteiger partial charge in [-0.3, -0.25) is 0 Å². The number of aromatic nitrogens is 3. The molecule has 2 aromatic rings. The van der Waals surface area contributed by atoms with Gasteiger partial charge in [0.1, 0.15) is 0 Å². The summed E-state index contributed by atoms with van der Waals surface area (Å²) in [5.74, 6) is 2.23. The average molecular weight is 312 g/mol. The van der Waals surface area contributed by atoms with E-state index in [1.807, 2.05) is 23.9 Å². The highest BCUT2D eigenvalue weighted by Gasteiger charge is 2.11. The average Bonchev–Trinajstić information content (AvgIpc) is 2.93. The van der Waals surface area contributed by atoms with E-state index in [0.29, 0.717) is 5.92 Å². The molecule has 1 aliphatic carbocycles. The Kier molecular flexibility index (Phi) is 5.06. The van der Waals surface area contributed by atoms with E-state index >= 15 is 0 Å². The molecule has 0 amide bonds. The molecular formula is C17H20N4S. The normalized spacial score (nSPS) is 18.1. The number of nitrogens with zero attached hydrogens (tertiary/aromatic N) is 4. The summed E-state index contributed by atoms with van der Waals surface area (Å²) < 4.78 is 1.85. The fraction of sp³-hybridized carbons (Fsp3) is 0.353. The third kappa shape index (κ3) is 3.85. The Labute approximate surface area is 135 Å². The second-order valence-electron chi connectivity index (χ2n) is 5.42. The highest BCUT2D eigenvalue weighted by Crippen LogP contribution is 2.22. The molecule has 0 unspecified atom stereocenters. The fourth-order valence-corrected chi connectivity index (χ4v) is 3.29. The predicted molar refractivity (Wildman–Crippen MR) is 91.1 cm³/mol. The van der Waals surface area contributed by atoms with Crippen molar-refractivity contribution < 1.29 is 0 Å². The third-order valence-corrected chi connectivity index (χ3v) is 4.67. The molecule has 3 rings (SSSR count). The van der Waals surface area contributed by atoms with E-state index in [1.165, 1.54) is 12.0 Å². The number of allylic oxidation sites excluding steroid dienone is 2. The molecule has 0 saturated heterocycles. The third-order valence-electron chi connectivity index (χ3n) is 3.68. The molecule has 1 atom stereocenters. The van der Waals surface area contributed by atoms with Gasteiger partial charge in [-0.15, -0.1) is 10.2 Å². The molecule has 0 fully saturated rings. The van der Waals surface area contributed by atoms with Crippen LogP contribution in [0.1, 0.15) is 30.7 Å². The van der Waals surface area contributed by atoms with E-state index in [9.17, 15) is 0 Å². The first kappa shape index (κ1) is 15.0. The zero-order valence-electron chi connectivity index (χ0n) is 12.7. The molecule has 0 bridgehead atoms. The Morgan fingerprint density at radius 1 is 1.27 bits per heavy atom. The van der Waals surface area contributed by atoms with Gasteiger partial charge in [-0.1, -0.05) is 54.2 Å². The van der Waals surface area contributed by atoms with Crippen molar-refractivity contribution in [3.8, 4) is 0 Å². The summed E-state index contributed by atoms with van der Waals surface area (Å²) in [6, 6.07) is 10.4. The van der Waals surface area contributed by atoms with Gasteiger partial charge in [-0.2, -0.15) is 9.78 Å². The number of hydrogen-bond donors (Lipinski definition) is 0. The molecule has 22 heavy (non-hydrogen) atoms. The molecule has 4 nitrogen and oxygen atoms in total. The Hall–Kier alpha value is -1.88. The molecule has 1 aromatic carbocycles. The van der Waals surface area contributed by atoms with Crippen LogP contribution in [0.2, 0.25) is 0 Å². The number of aryl methyl sites for hydroxylation is 1. The summed E-state index contributed by atoms with van der Waals surface area (Å²) in [6.45, 7) is 1.94. The Balaban J connectivity index is 1.67. The number of thioether (sulfide) groups is 1. The zero-order chi connectivity index (χ0) is 15.2. The molecule has 5 heteroatoms. The maximum atomic E-state index is 4.61. The van der Waals surface area contributed by atoms with Crippen LogP contribution in [0.4, 0.5) is 0 Å². The van der Waals surface area contributed by atoms with Gasteiger partial charge in [-0.25, -0.2) is 0 Å². The van der Waals surface area contributed by atoms with Gasteiger partial charge < -0.3 is 0 Å². The van der Waals surface area contributed by atoms with Crippen molar-refractivity contribution in [1.29, 1.82) is 0 Å². The van der Waals surface area contributed by atoms with E-state index < -0.39 is 0 Å². The lowest BCUT2D eigenvalue weighted by Crippen LogP contribution is -2.06. The predicted octanol–water partition coefficient (Wildman–Crippen LogP) is 4.07. The van der Waals surface area contributed by atoms with Crippen LogP contribution < -0.4 is 0 Å². The van der Waals surface area contributed by atoms with Gasteiger partial charge in [0.2, 0.25) is 5.16 Å². The van der Waals surface area contributed by atoms with Crippen molar-refractivity contribution in [2.24, 2.45) is 11.0 Å². The summed E-state index contributed by atoms with van der Waals surface area (Å²) in [5, 5.41) is 13.9. The minimum atomic E-state index is 0.527. The van der Waals surface area contributed by atoms with Crippen LogP contribution in [0.25, 0.3) is 0 Å². The van der Waals surface area contributed by atoms with Gasteiger partial charge in [0.05, 0.1) is 0 Å². The maximum absolute atomic E-state index is 4.61. The van der Waals surface area contributed by atoms with Crippen molar-refractivity contribution in [2.75, 3.05) is 0 Å². The highest BCUT2D eigenvalue weighted by molar-refractivity contribution is 7.98. The monoisotopic (exact) mass is 312 g/mol. The lowest BCUT2D eigenvalue weighted by atomic mass is 9.96. The minimum absolute atomic E-state index is 0.527. The van der Waals surface area contributed by atoms with Crippen LogP contribution in [0, 0.1) is 12.8 Å². The largest absolute Gasteiger partial charge is 0.212 e. The molecule has 0 aliphatic heterocycles. The van der Waals surface area contributed by atoms with Crippen molar-refractivity contribution in [1.82, 2.24) is 14.9 Å². The summed E-state index contributed by atoms with van der Waals surface area (Å²) in [6.07, 6.45) is 9.94. The smallest absolute Gasteiger partial charge is 0.192 e. The lowest BCUT2D eigenvalue weighted by Gasteiger charge is -2.12. The minimum Gasteiger partial charge on any atom is -0.192 e. The van der Waals surface area contributed by atoms with E-state index in [1.54, 1.807) is 11.8 Å². The molecule has 0 saturated carbocycles. The molecule has 1 aliphatic rings. The van der Waals surface area contributed by atoms with Gasteiger partial charge in [-0.05, 0) is 37.7 Å². The Morgan fingerprint density at radius 2 is 2.14 bits per heavy atom. The first-order valence-electron chi connectivity index (χ1n) is 7.61. The van der Waals surface area contributed by atoms with Crippen molar-refractivity contribution in [3.63, 3.8) is 0 Å². The molecule has 1 heterocycles. The standard InChI is InChI=1S/C17H20N4S/c1-14-19-20-17(22-13-16-10-6-3-7-11-16)21(14)18-12-15-8-4-2-5-9-15/h2-4,6-7,10-12,15H,5,8-9,13H2,1H3/b18-12-/t15-/m0/s1. The van der Waals surface area contributed by atoms with Crippen LogP contribution in [0.3, 0.4) is 0 Å². The second-order valence-corrected chi connectivity index (χ2v) is 6.37. The highest BCUT2D eigenvalue weighted by atomic mass is 32.2. The van der Waals surface area contributed by atoms with E-state index in [4.69, 9.17) is 0 Å². The summed E-state index contributed by atoms with van der Waals surface area (Å²) >= 11 is 1.67. The van der Waals surface area contributed by atoms with Gasteiger partial charge >= 0.3 is 0 Å². The first-order valence-corrected chi connectivity index (χ1v) is 8.59. The van der Waals surface area contributed by atoms with Gasteiger partial charge in [0.25, 0.3) is 0 Å². The summed E-state index contributed by atoms with van der Waals surface area (Å²) in [4.78, 5) is 0. The molecule has 0 N–H and O–H groups in total. The van der Waals surface area contributed by atoms with E-state index in [-0.39, 0.29) is 0 Å².